The van der Waals surface area contributed by atoms with E-state index in [-0.39, 0.29) is 25.6 Å². The molecule has 0 aromatic rings. The first kappa shape index (κ1) is 16.2. The molecule has 1 rings (SSSR count). The van der Waals surface area contributed by atoms with Crippen molar-refractivity contribution < 1.29 is 24.2 Å². The maximum absolute atomic E-state index is 11.8. The molecule has 8 nitrogen and oxygen atoms in total. The highest BCUT2D eigenvalue weighted by molar-refractivity contribution is 5.84. The monoisotopic (exact) mass is 287 g/mol. The Balaban J connectivity index is 2.31. The van der Waals surface area contributed by atoms with Crippen LogP contribution >= 0.6 is 0 Å². The minimum absolute atomic E-state index is 0.0191. The standard InChI is InChI=1S/C12H21N3O5/c1-8(2)5-13-10(16)6-14-12(19)15-3-4-20-9(7-15)11(17)18/h8-9H,3-7H2,1-2H3,(H,13,16)(H,14,19)(H,17,18). The van der Waals surface area contributed by atoms with Crippen LogP contribution in [0.3, 0.4) is 0 Å². The number of carboxylic acids is 1. The third-order valence-corrected chi connectivity index (χ3v) is 2.74. The fourth-order valence-electron chi connectivity index (χ4n) is 1.63. The van der Waals surface area contributed by atoms with Gasteiger partial charge in [-0.15, -0.1) is 0 Å². The molecule has 1 unspecified atom stereocenters. The maximum atomic E-state index is 11.8. The number of aliphatic carboxylic acids is 1. The zero-order valence-electron chi connectivity index (χ0n) is 11.7. The third-order valence-electron chi connectivity index (χ3n) is 2.74. The van der Waals surface area contributed by atoms with E-state index in [0.717, 1.165) is 0 Å². The van der Waals surface area contributed by atoms with Gasteiger partial charge >= 0.3 is 12.0 Å². The SMILES string of the molecule is CC(C)CNC(=O)CNC(=O)N1CCOC(C(=O)O)C1. The number of urea groups is 1. The molecule has 0 aromatic carbocycles. The van der Waals surface area contributed by atoms with Crippen LogP contribution in [0, 0.1) is 5.92 Å². The highest BCUT2D eigenvalue weighted by Crippen LogP contribution is 2.05. The number of hydrogen-bond donors (Lipinski definition) is 3. The summed E-state index contributed by atoms with van der Waals surface area (Å²) >= 11 is 0. The maximum Gasteiger partial charge on any atom is 0.334 e. The molecule has 1 fully saturated rings. The van der Waals surface area contributed by atoms with E-state index in [4.69, 9.17) is 9.84 Å². The summed E-state index contributed by atoms with van der Waals surface area (Å²) in [6.45, 7) is 4.83. The van der Waals surface area contributed by atoms with Crippen LogP contribution in [-0.4, -0.2) is 66.8 Å². The molecule has 1 atom stereocenters. The van der Waals surface area contributed by atoms with Gasteiger partial charge in [-0.05, 0) is 5.92 Å². The number of nitrogens with one attached hydrogen (secondary N) is 2. The molecule has 1 saturated heterocycles. The van der Waals surface area contributed by atoms with Gasteiger partial charge in [0.05, 0.1) is 19.7 Å². The molecule has 0 radical (unpaired) electrons. The molecule has 20 heavy (non-hydrogen) atoms. The Morgan fingerprint density at radius 1 is 1.35 bits per heavy atom. The van der Waals surface area contributed by atoms with Crippen molar-refractivity contribution in [2.24, 2.45) is 5.92 Å². The molecule has 3 N–H and O–H groups in total. The van der Waals surface area contributed by atoms with Gasteiger partial charge in [0.15, 0.2) is 6.10 Å². The van der Waals surface area contributed by atoms with Gasteiger partial charge in [0, 0.05) is 13.1 Å². The molecule has 0 saturated carbocycles. The molecular weight excluding hydrogens is 266 g/mol. The minimum Gasteiger partial charge on any atom is -0.479 e. The molecule has 1 aliphatic heterocycles. The summed E-state index contributed by atoms with van der Waals surface area (Å²) in [6.07, 6.45) is -1.01. The molecular formula is C12H21N3O5. The van der Waals surface area contributed by atoms with Crippen molar-refractivity contribution in [3.8, 4) is 0 Å². The van der Waals surface area contributed by atoms with Gasteiger partial charge in [-0.2, -0.15) is 0 Å². The zero-order valence-corrected chi connectivity index (χ0v) is 11.7. The van der Waals surface area contributed by atoms with Crippen molar-refractivity contribution in [1.29, 1.82) is 0 Å². The highest BCUT2D eigenvalue weighted by atomic mass is 16.5. The smallest absolute Gasteiger partial charge is 0.334 e. The lowest BCUT2D eigenvalue weighted by Crippen LogP contribution is -2.53. The Morgan fingerprint density at radius 2 is 2.05 bits per heavy atom. The first-order valence-corrected chi connectivity index (χ1v) is 6.54. The number of ether oxygens (including phenoxy) is 1. The minimum atomic E-state index is -1.10. The lowest BCUT2D eigenvalue weighted by Gasteiger charge is -2.30. The number of amides is 3. The van der Waals surface area contributed by atoms with Crippen LogP contribution in [0.1, 0.15) is 13.8 Å². The predicted molar refractivity (Wildman–Crippen MR) is 70.2 cm³/mol. The average Bonchev–Trinajstić information content (AvgIpc) is 2.42. The lowest BCUT2D eigenvalue weighted by molar-refractivity contribution is -0.154. The van der Waals surface area contributed by atoms with Gasteiger partial charge in [0.2, 0.25) is 5.91 Å². The quantitative estimate of drug-likeness (QED) is 0.617. The number of carboxylic acid groups (broad SMARTS) is 1. The molecule has 8 heteroatoms. The van der Waals surface area contributed by atoms with Crippen LogP contribution in [0.4, 0.5) is 4.79 Å². The first-order chi connectivity index (χ1) is 9.40. The predicted octanol–water partition coefficient (Wildman–Crippen LogP) is -0.746. The molecule has 0 bridgehead atoms. The van der Waals surface area contributed by atoms with Gasteiger partial charge in [0.25, 0.3) is 0 Å². The van der Waals surface area contributed by atoms with Crippen LogP contribution in [0.2, 0.25) is 0 Å². The van der Waals surface area contributed by atoms with Crippen molar-refractivity contribution in [3.05, 3.63) is 0 Å². The second kappa shape index (κ2) is 7.68. The van der Waals surface area contributed by atoms with Crippen molar-refractivity contribution >= 4 is 17.9 Å². The van der Waals surface area contributed by atoms with E-state index >= 15 is 0 Å². The van der Waals surface area contributed by atoms with Crippen molar-refractivity contribution in [2.75, 3.05) is 32.8 Å². The topological polar surface area (TPSA) is 108 Å². The van der Waals surface area contributed by atoms with E-state index in [1.807, 2.05) is 13.8 Å². The fourth-order valence-corrected chi connectivity index (χ4v) is 1.63. The first-order valence-electron chi connectivity index (χ1n) is 6.54. The number of hydrogen-bond acceptors (Lipinski definition) is 4. The Bertz CT molecular complexity index is 372. The van der Waals surface area contributed by atoms with E-state index < -0.39 is 18.1 Å². The van der Waals surface area contributed by atoms with E-state index in [1.54, 1.807) is 0 Å². The number of rotatable bonds is 5. The van der Waals surface area contributed by atoms with Crippen LogP contribution in [0.5, 0.6) is 0 Å². The van der Waals surface area contributed by atoms with Gasteiger partial charge in [-0.3, -0.25) is 4.79 Å². The molecule has 3 amide bonds. The lowest BCUT2D eigenvalue weighted by atomic mass is 10.2. The Kier molecular flexibility index (Phi) is 6.23. The number of nitrogens with zero attached hydrogens (tertiary/aromatic N) is 1. The number of morpholine rings is 1. The van der Waals surface area contributed by atoms with Gasteiger partial charge in [-0.1, -0.05) is 13.8 Å². The second-order valence-electron chi connectivity index (χ2n) is 5.00. The van der Waals surface area contributed by atoms with Crippen LogP contribution in [0.15, 0.2) is 0 Å². The molecule has 0 spiro atoms. The second-order valence-corrected chi connectivity index (χ2v) is 5.00. The van der Waals surface area contributed by atoms with Gasteiger partial charge in [0.1, 0.15) is 0 Å². The Labute approximate surface area is 117 Å². The summed E-state index contributed by atoms with van der Waals surface area (Å²) in [7, 11) is 0. The van der Waals surface area contributed by atoms with E-state index in [2.05, 4.69) is 10.6 Å². The average molecular weight is 287 g/mol. The van der Waals surface area contributed by atoms with Crippen LogP contribution in [0.25, 0.3) is 0 Å². The van der Waals surface area contributed by atoms with Crippen LogP contribution in [-0.2, 0) is 14.3 Å². The van der Waals surface area contributed by atoms with Crippen molar-refractivity contribution in [3.63, 3.8) is 0 Å². The molecule has 1 heterocycles. The summed E-state index contributed by atoms with van der Waals surface area (Å²) in [6, 6.07) is -0.459. The van der Waals surface area contributed by atoms with Gasteiger partial charge in [-0.25, -0.2) is 9.59 Å². The van der Waals surface area contributed by atoms with Gasteiger partial charge < -0.3 is 25.4 Å². The van der Waals surface area contributed by atoms with E-state index in [9.17, 15) is 14.4 Å². The summed E-state index contributed by atoms with van der Waals surface area (Å²) in [4.78, 5) is 35.4. The summed E-state index contributed by atoms with van der Waals surface area (Å²) in [5.41, 5.74) is 0. The summed E-state index contributed by atoms with van der Waals surface area (Å²) in [5.74, 6) is -1.03. The molecule has 0 aliphatic carbocycles. The number of carbonyl (C=O) groups is 3. The molecule has 114 valence electrons. The third kappa shape index (κ3) is 5.43. The van der Waals surface area contributed by atoms with E-state index in [1.165, 1.54) is 4.90 Å². The van der Waals surface area contributed by atoms with Crippen LogP contribution < -0.4 is 10.6 Å². The summed E-state index contributed by atoms with van der Waals surface area (Å²) in [5, 5.41) is 14.0. The zero-order chi connectivity index (χ0) is 15.1. The largest absolute Gasteiger partial charge is 0.479 e. The van der Waals surface area contributed by atoms with Crippen molar-refractivity contribution in [1.82, 2.24) is 15.5 Å². The van der Waals surface area contributed by atoms with Crippen molar-refractivity contribution in [2.45, 2.75) is 20.0 Å². The molecule has 1 aliphatic rings. The Hall–Kier alpha value is -1.83. The highest BCUT2D eigenvalue weighted by Gasteiger charge is 2.28. The normalized spacial score (nSPS) is 18.8. The van der Waals surface area contributed by atoms with E-state index in [0.29, 0.717) is 19.0 Å². The Morgan fingerprint density at radius 3 is 2.65 bits per heavy atom. The molecule has 0 aromatic heterocycles. The fraction of sp³-hybridized carbons (Fsp3) is 0.750. The summed E-state index contributed by atoms with van der Waals surface area (Å²) < 4.78 is 5.01. The number of carbonyl (C=O) groups excluding carboxylic acids is 2.